The van der Waals surface area contributed by atoms with Crippen LogP contribution in [0.25, 0.3) is 0 Å². The van der Waals surface area contributed by atoms with Crippen LogP contribution in [0.3, 0.4) is 0 Å². The number of aryl methyl sites for hydroxylation is 1. The standard InChI is InChI=1S/C16H15F2NO2/c1-12-6-2-3-8-14(12)11-20-19-10-13-7-4-5-9-15(13)21-16(17)18/h2-10,16H,11H2,1H3. The van der Waals surface area contributed by atoms with Crippen molar-refractivity contribution in [2.24, 2.45) is 5.16 Å². The van der Waals surface area contributed by atoms with Crippen molar-refractivity contribution in [3.63, 3.8) is 0 Å². The van der Waals surface area contributed by atoms with E-state index in [0.29, 0.717) is 12.2 Å². The van der Waals surface area contributed by atoms with Gasteiger partial charge in [0, 0.05) is 5.56 Å². The van der Waals surface area contributed by atoms with Gasteiger partial charge >= 0.3 is 6.61 Å². The molecule has 0 aliphatic carbocycles. The number of hydrogen-bond acceptors (Lipinski definition) is 3. The minimum absolute atomic E-state index is 0.0655. The van der Waals surface area contributed by atoms with Crippen LogP contribution in [0.1, 0.15) is 16.7 Å². The van der Waals surface area contributed by atoms with Gasteiger partial charge in [-0.3, -0.25) is 0 Å². The van der Waals surface area contributed by atoms with E-state index in [1.54, 1.807) is 18.2 Å². The number of oxime groups is 1. The van der Waals surface area contributed by atoms with Gasteiger partial charge in [-0.25, -0.2) is 0 Å². The molecule has 0 amide bonds. The summed E-state index contributed by atoms with van der Waals surface area (Å²) in [4.78, 5) is 5.19. The number of halogens is 2. The van der Waals surface area contributed by atoms with Crippen molar-refractivity contribution in [3.8, 4) is 5.75 Å². The minimum atomic E-state index is -2.87. The Balaban J connectivity index is 1.97. The summed E-state index contributed by atoms with van der Waals surface area (Å²) in [6.45, 7) is -0.567. The summed E-state index contributed by atoms with van der Waals surface area (Å²) < 4.78 is 28.9. The predicted molar refractivity (Wildman–Crippen MR) is 76.6 cm³/mol. The molecular weight excluding hydrogens is 276 g/mol. The zero-order valence-corrected chi connectivity index (χ0v) is 11.5. The van der Waals surface area contributed by atoms with E-state index in [2.05, 4.69) is 9.89 Å². The van der Waals surface area contributed by atoms with Crippen molar-refractivity contribution < 1.29 is 18.4 Å². The first-order valence-corrected chi connectivity index (χ1v) is 6.40. The molecule has 0 unspecified atom stereocenters. The molecule has 0 saturated heterocycles. The molecule has 2 aromatic carbocycles. The number of benzene rings is 2. The Hall–Kier alpha value is -2.43. The molecule has 0 aromatic heterocycles. The van der Waals surface area contributed by atoms with Gasteiger partial charge in [-0.15, -0.1) is 0 Å². The molecule has 0 aliphatic rings. The summed E-state index contributed by atoms with van der Waals surface area (Å²) in [5, 5.41) is 3.80. The van der Waals surface area contributed by atoms with E-state index in [1.807, 2.05) is 31.2 Å². The normalized spacial score (nSPS) is 11.0. The molecule has 2 rings (SSSR count). The number of alkyl halides is 2. The van der Waals surface area contributed by atoms with Crippen LogP contribution in [-0.4, -0.2) is 12.8 Å². The van der Waals surface area contributed by atoms with Crippen molar-refractivity contribution in [3.05, 3.63) is 65.2 Å². The van der Waals surface area contributed by atoms with Crippen molar-refractivity contribution in [1.29, 1.82) is 0 Å². The Kier molecular flexibility index (Phi) is 5.26. The summed E-state index contributed by atoms with van der Waals surface area (Å²) in [6, 6.07) is 14.2. The third-order valence-electron chi connectivity index (χ3n) is 2.88. The van der Waals surface area contributed by atoms with Crippen LogP contribution >= 0.6 is 0 Å². The molecule has 0 fully saturated rings. The molecule has 5 heteroatoms. The van der Waals surface area contributed by atoms with E-state index in [-0.39, 0.29) is 5.75 Å². The monoisotopic (exact) mass is 291 g/mol. The average Bonchev–Trinajstić information content (AvgIpc) is 2.46. The SMILES string of the molecule is Cc1ccccc1CON=Cc1ccccc1OC(F)F. The highest BCUT2D eigenvalue weighted by atomic mass is 19.3. The topological polar surface area (TPSA) is 30.8 Å². The van der Waals surface area contributed by atoms with Crippen LogP contribution in [0, 0.1) is 6.92 Å². The van der Waals surface area contributed by atoms with Crippen LogP contribution in [0.4, 0.5) is 8.78 Å². The van der Waals surface area contributed by atoms with E-state index in [4.69, 9.17) is 4.84 Å². The Labute approximate surface area is 121 Å². The lowest BCUT2D eigenvalue weighted by Crippen LogP contribution is -2.04. The van der Waals surface area contributed by atoms with E-state index in [0.717, 1.165) is 11.1 Å². The Bertz CT molecular complexity index is 615. The van der Waals surface area contributed by atoms with Gasteiger partial charge in [0.05, 0.1) is 6.21 Å². The lowest BCUT2D eigenvalue weighted by molar-refractivity contribution is -0.0499. The van der Waals surface area contributed by atoms with E-state index < -0.39 is 6.61 Å². The van der Waals surface area contributed by atoms with Crippen LogP contribution in [0.15, 0.2) is 53.7 Å². The van der Waals surface area contributed by atoms with Gasteiger partial charge in [0.25, 0.3) is 0 Å². The molecule has 2 aromatic rings. The second-order valence-electron chi connectivity index (χ2n) is 4.35. The smallest absolute Gasteiger partial charge is 0.387 e. The van der Waals surface area contributed by atoms with E-state index in [9.17, 15) is 8.78 Å². The maximum Gasteiger partial charge on any atom is 0.387 e. The number of para-hydroxylation sites is 1. The van der Waals surface area contributed by atoms with Crippen LogP contribution in [0.5, 0.6) is 5.75 Å². The van der Waals surface area contributed by atoms with Gasteiger partial charge in [-0.1, -0.05) is 41.6 Å². The quantitative estimate of drug-likeness (QED) is 0.591. The highest BCUT2D eigenvalue weighted by Gasteiger charge is 2.07. The molecule has 0 saturated carbocycles. The van der Waals surface area contributed by atoms with E-state index in [1.165, 1.54) is 12.3 Å². The van der Waals surface area contributed by atoms with Crippen LogP contribution in [-0.2, 0) is 11.4 Å². The highest BCUT2D eigenvalue weighted by molar-refractivity contribution is 5.83. The van der Waals surface area contributed by atoms with Gasteiger partial charge < -0.3 is 9.57 Å². The summed E-state index contributed by atoms with van der Waals surface area (Å²) in [5.74, 6) is 0.0655. The number of nitrogens with zero attached hydrogens (tertiary/aromatic N) is 1. The van der Waals surface area contributed by atoms with Gasteiger partial charge in [0.2, 0.25) is 0 Å². The summed E-state index contributed by atoms with van der Waals surface area (Å²) >= 11 is 0. The fourth-order valence-corrected chi connectivity index (χ4v) is 1.76. The number of ether oxygens (including phenoxy) is 1. The van der Waals surface area contributed by atoms with Gasteiger partial charge in [0.15, 0.2) is 0 Å². The minimum Gasteiger partial charge on any atom is -0.434 e. The van der Waals surface area contributed by atoms with Gasteiger partial charge in [0.1, 0.15) is 12.4 Å². The van der Waals surface area contributed by atoms with Gasteiger partial charge in [-0.05, 0) is 30.2 Å². The maximum atomic E-state index is 12.3. The molecule has 21 heavy (non-hydrogen) atoms. The second kappa shape index (κ2) is 7.38. The third-order valence-corrected chi connectivity index (χ3v) is 2.88. The summed E-state index contributed by atoms with van der Waals surface area (Å²) in [7, 11) is 0. The number of hydrogen-bond donors (Lipinski definition) is 0. The predicted octanol–water partition coefficient (Wildman–Crippen LogP) is 4.15. The van der Waals surface area contributed by atoms with Crippen molar-refractivity contribution in [2.75, 3.05) is 0 Å². The lowest BCUT2D eigenvalue weighted by atomic mass is 10.1. The van der Waals surface area contributed by atoms with Crippen LogP contribution < -0.4 is 4.74 Å². The zero-order valence-electron chi connectivity index (χ0n) is 11.5. The Morgan fingerprint density at radius 3 is 2.57 bits per heavy atom. The first-order chi connectivity index (χ1) is 10.2. The summed E-state index contributed by atoms with van der Waals surface area (Å²) in [6.07, 6.45) is 1.36. The van der Waals surface area contributed by atoms with Crippen molar-refractivity contribution in [1.82, 2.24) is 0 Å². The highest BCUT2D eigenvalue weighted by Crippen LogP contribution is 2.18. The largest absolute Gasteiger partial charge is 0.434 e. The molecular formula is C16H15F2NO2. The molecule has 0 atom stereocenters. The third kappa shape index (κ3) is 4.56. The second-order valence-corrected chi connectivity index (χ2v) is 4.35. The average molecular weight is 291 g/mol. The Morgan fingerprint density at radius 1 is 1.10 bits per heavy atom. The maximum absolute atomic E-state index is 12.3. The molecule has 0 radical (unpaired) electrons. The van der Waals surface area contributed by atoms with Gasteiger partial charge in [-0.2, -0.15) is 8.78 Å². The molecule has 3 nitrogen and oxygen atoms in total. The zero-order chi connectivity index (χ0) is 15.1. The van der Waals surface area contributed by atoms with Crippen LogP contribution in [0.2, 0.25) is 0 Å². The molecule has 0 spiro atoms. The number of rotatable bonds is 6. The molecule has 0 heterocycles. The molecule has 0 aliphatic heterocycles. The molecule has 0 N–H and O–H groups in total. The lowest BCUT2D eigenvalue weighted by Gasteiger charge is -2.07. The molecule has 0 bridgehead atoms. The van der Waals surface area contributed by atoms with Crippen molar-refractivity contribution >= 4 is 6.21 Å². The summed E-state index contributed by atoms with van der Waals surface area (Å²) in [5.41, 5.74) is 2.56. The first-order valence-electron chi connectivity index (χ1n) is 6.40. The first kappa shape index (κ1) is 15.0. The fourth-order valence-electron chi connectivity index (χ4n) is 1.76. The fraction of sp³-hybridized carbons (Fsp3) is 0.188. The molecule has 110 valence electrons. The van der Waals surface area contributed by atoms with Crippen molar-refractivity contribution in [2.45, 2.75) is 20.1 Å². The van der Waals surface area contributed by atoms with E-state index >= 15 is 0 Å². The Morgan fingerprint density at radius 2 is 1.81 bits per heavy atom.